The molecule has 1 amide bonds. The van der Waals surface area contributed by atoms with E-state index < -0.39 is 0 Å². The lowest BCUT2D eigenvalue weighted by Crippen LogP contribution is -2.12. The van der Waals surface area contributed by atoms with E-state index >= 15 is 0 Å². The van der Waals surface area contributed by atoms with Crippen molar-refractivity contribution in [3.63, 3.8) is 0 Å². The largest absolute Gasteiger partial charge is 0.494 e. The van der Waals surface area contributed by atoms with Crippen molar-refractivity contribution < 1.29 is 23.1 Å². The van der Waals surface area contributed by atoms with Gasteiger partial charge in [-0.15, -0.1) is 0 Å². The summed E-state index contributed by atoms with van der Waals surface area (Å²) in [6.45, 7) is 4.74. The van der Waals surface area contributed by atoms with Gasteiger partial charge in [-0.2, -0.15) is 0 Å². The number of anilines is 1. The summed E-state index contributed by atoms with van der Waals surface area (Å²) in [4.78, 5) is 12.4. The van der Waals surface area contributed by atoms with Gasteiger partial charge in [-0.1, -0.05) is 6.92 Å². The standard InChI is InChI=1S/C22H22FNO4/c1-3-12-26-18-8-10-20(15(2)13-18)24-22(25)21-11-9-19(28-21)14-27-17-6-4-16(23)5-7-17/h4-11,13H,3,12,14H2,1-2H3,(H,24,25). The van der Waals surface area contributed by atoms with Gasteiger partial charge in [0.1, 0.15) is 29.7 Å². The molecule has 2 aromatic carbocycles. The number of ether oxygens (including phenoxy) is 2. The van der Waals surface area contributed by atoms with Gasteiger partial charge < -0.3 is 19.2 Å². The normalized spacial score (nSPS) is 10.5. The molecule has 0 unspecified atom stereocenters. The molecule has 0 aliphatic carbocycles. The van der Waals surface area contributed by atoms with Crippen molar-refractivity contribution in [1.29, 1.82) is 0 Å². The SMILES string of the molecule is CCCOc1ccc(NC(=O)c2ccc(COc3ccc(F)cc3)o2)c(C)c1. The van der Waals surface area contributed by atoms with Gasteiger partial charge in [0.2, 0.25) is 0 Å². The zero-order chi connectivity index (χ0) is 19.9. The van der Waals surface area contributed by atoms with Gasteiger partial charge in [-0.3, -0.25) is 4.79 Å². The van der Waals surface area contributed by atoms with Crippen LogP contribution >= 0.6 is 0 Å². The number of hydrogen-bond donors (Lipinski definition) is 1. The monoisotopic (exact) mass is 383 g/mol. The van der Waals surface area contributed by atoms with Crippen molar-refractivity contribution in [3.05, 3.63) is 77.5 Å². The van der Waals surface area contributed by atoms with E-state index in [0.29, 0.717) is 23.8 Å². The van der Waals surface area contributed by atoms with E-state index in [1.165, 1.54) is 24.3 Å². The Kier molecular flexibility index (Phi) is 6.32. The summed E-state index contributed by atoms with van der Waals surface area (Å²) in [5.74, 6) is 1.29. The maximum absolute atomic E-state index is 12.9. The lowest BCUT2D eigenvalue weighted by Gasteiger charge is -2.10. The van der Waals surface area contributed by atoms with Gasteiger partial charge in [0.05, 0.1) is 6.61 Å². The van der Waals surface area contributed by atoms with Crippen LogP contribution in [0.3, 0.4) is 0 Å². The second kappa shape index (κ2) is 9.08. The Morgan fingerprint density at radius 2 is 1.79 bits per heavy atom. The zero-order valence-electron chi connectivity index (χ0n) is 15.8. The molecule has 28 heavy (non-hydrogen) atoms. The van der Waals surface area contributed by atoms with Gasteiger partial charge >= 0.3 is 0 Å². The van der Waals surface area contributed by atoms with Gasteiger partial charge in [-0.05, 0) is 73.5 Å². The van der Waals surface area contributed by atoms with Crippen LogP contribution in [0.5, 0.6) is 11.5 Å². The summed E-state index contributed by atoms with van der Waals surface area (Å²) in [5.41, 5.74) is 1.59. The highest BCUT2D eigenvalue weighted by atomic mass is 19.1. The Balaban J connectivity index is 1.58. The molecule has 0 bridgehead atoms. The minimum Gasteiger partial charge on any atom is -0.494 e. The molecule has 3 rings (SSSR count). The fourth-order valence-electron chi connectivity index (χ4n) is 2.53. The highest BCUT2D eigenvalue weighted by Crippen LogP contribution is 2.23. The average Bonchev–Trinajstić information content (AvgIpc) is 3.17. The smallest absolute Gasteiger partial charge is 0.291 e. The lowest BCUT2D eigenvalue weighted by molar-refractivity contribution is 0.0992. The lowest BCUT2D eigenvalue weighted by atomic mass is 10.2. The summed E-state index contributed by atoms with van der Waals surface area (Å²) in [5, 5.41) is 2.83. The van der Waals surface area contributed by atoms with E-state index in [0.717, 1.165) is 17.7 Å². The molecule has 0 radical (unpaired) electrons. The molecule has 0 fully saturated rings. The first kappa shape index (κ1) is 19.5. The topological polar surface area (TPSA) is 60.7 Å². The van der Waals surface area contributed by atoms with Crippen LogP contribution < -0.4 is 14.8 Å². The van der Waals surface area contributed by atoms with Crippen LogP contribution in [0.1, 0.15) is 35.2 Å². The molecule has 0 saturated carbocycles. The van der Waals surface area contributed by atoms with Gasteiger partial charge in [0.25, 0.3) is 5.91 Å². The number of aryl methyl sites for hydroxylation is 1. The van der Waals surface area contributed by atoms with Crippen molar-refractivity contribution >= 4 is 11.6 Å². The number of halogens is 1. The van der Waals surface area contributed by atoms with Crippen LogP contribution in [-0.2, 0) is 6.61 Å². The van der Waals surface area contributed by atoms with Crippen LogP contribution in [0.2, 0.25) is 0 Å². The van der Waals surface area contributed by atoms with Crippen molar-refractivity contribution in [1.82, 2.24) is 0 Å². The molecule has 0 saturated heterocycles. The Morgan fingerprint density at radius 1 is 1.04 bits per heavy atom. The number of amides is 1. The summed E-state index contributed by atoms with van der Waals surface area (Å²) < 4.78 is 29.5. The van der Waals surface area contributed by atoms with E-state index in [1.807, 2.05) is 26.0 Å². The number of benzene rings is 2. The molecule has 5 nitrogen and oxygen atoms in total. The maximum atomic E-state index is 12.9. The van der Waals surface area contributed by atoms with Gasteiger partial charge in [-0.25, -0.2) is 4.39 Å². The summed E-state index contributed by atoms with van der Waals surface area (Å²) in [6, 6.07) is 14.5. The Bertz CT molecular complexity index is 934. The summed E-state index contributed by atoms with van der Waals surface area (Å²) in [6.07, 6.45) is 0.934. The Hall–Kier alpha value is -3.28. The first-order valence-electron chi connectivity index (χ1n) is 9.07. The molecule has 146 valence electrons. The fourth-order valence-corrected chi connectivity index (χ4v) is 2.53. The van der Waals surface area contributed by atoms with E-state index in [2.05, 4.69) is 5.32 Å². The van der Waals surface area contributed by atoms with E-state index in [-0.39, 0.29) is 24.1 Å². The molecule has 0 aliphatic rings. The van der Waals surface area contributed by atoms with Crippen molar-refractivity contribution in [2.75, 3.05) is 11.9 Å². The average molecular weight is 383 g/mol. The number of carbonyl (C=O) groups is 1. The molecular weight excluding hydrogens is 361 g/mol. The first-order chi connectivity index (χ1) is 13.5. The number of furan rings is 1. The fraction of sp³-hybridized carbons (Fsp3) is 0.227. The second-order valence-electron chi connectivity index (χ2n) is 6.29. The molecule has 1 N–H and O–H groups in total. The second-order valence-corrected chi connectivity index (χ2v) is 6.29. The number of carbonyl (C=O) groups excluding carboxylic acids is 1. The predicted octanol–water partition coefficient (Wildman–Crippen LogP) is 5.35. The van der Waals surface area contributed by atoms with Gasteiger partial charge in [0.15, 0.2) is 5.76 Å². The van der Waals surface area contributed by atoms with E-state index in [4.69, 9.17) is 13.9 Å². The molecule has 6 heteroatoms. The maximum Gasteiger partial charge on any atom is 0.291 e. The van der Waals surface area contributed by atoms with Crippen LogP contribution in [0.15, 0.2) is 59.0 Å². The third kappa shape index (κ3) is 5.13. The summed E-state index contributed by atoms with van der Waals surface area (Å²) >= 11 is 0. The van der Waals surface area contributed by atoms with Gasteiger partial charge in [0, 0.05) is 5.69 Å². The molecule has 1 heterocycles. The van der Waals surface area contributed by atoms with Crippen LogP contribution in [0.4, 0.5) is 10.1 Å². The van der Waals surface area contributed by atoms with Crippen LogP contribution in [-0.4, -0.2) is 12.5 Å². The third-order valence-corrected chi connectivity index (χ3v) is 4.00. The van der Waals surface area contributed by atoms with E-state index in [9.17, 15) is 9.18 Å². The van der Waals surface area contributed by atoms with E-state index in [1.54, 1.807) is 18.2 Å². The first-order valence-corrected chi connectivity index (χ1v) is 9.07. The minimum absolute atomic E-state index is 0.140. The predicted molar refractivity (Wildman–Crippen MR) is 104 cm³/mol. The Morgan fingerprint density at radius 3 is 2.50 bits per heavy atom. The molecule has 0 aliphatic heterocycles. The summed E-state index contributed by atoms with van der Waals surface area (Å²) in [7, 11) is 0. The Labute approximate surface area is 163 Å². The van der Waals surface area contributed by atoms with Crippen LogP contribution in [0.25, 0.3) is 0 Å². The highest BCUT2D eigenvalue weighted by Gasteiger charge is 2.13. The number of hydrogen-bond acceptors (Lipinski definition) is 4. The molecule has 3 aromatic rings. The quantitative estimate of drug-likeness (QED) is 0.570. The molecule has 0 spiro atoms. The van der Waals surface area contributed by atoms with Crippen molar-refractivity contribution in [3.8, 4) is 11.5 Å². The minimum atomic E-state index is -0.349. The third-order valence-electron chi connectivity index (χ3n) is 4.00. The number of nitrogens with one attached hydrogen (secondary N) is 1. The zero-order valence-corrected chi connectivity index (χ0v) is 15.8. The number of rotatable bonds is 8. The molecule has 1 aromatic heterocycles. The molecular formula is C22H22FNO4. The van der Waals surface area contributed by atoms with Crippen molar-refractivity contribution in [2.24, 2.45) is 0 Å². The highest BCUT2D eigenvalue weighted by molar-refractivity contribution is 6.02. The molecule has 0 atom stereocenters. The van der Waals surface area contributed by atoms with Crippen molar-refractivity contribution in [2.45, 2.75) is 26.9 Å². The van der Waals surface area contributed by atoms with Crippen LogP contribution in [0, 0.1) is 12.7 Å².